The number of fused-ring (bicyclic) bond motifs is 2. The van der Waals surface area contributed by atoms with Crippen molar-refractivity contribution in [3.05, 3.63) is 192 Å². The SMILES string of the molecule is Cc1ccc(P(c2ccc(C)cc2)c2ccc3ccccc3c2-c2c(P(c3ccc(C)cc3)c3ccc(C)cc3)ccc3ccccc23)cc1.O.O.[Pd]. The third-order valence-electron chi connectivity index (χ3n) is 9.71. The maximum Gasteiger partial charge on any atom is 0 e. The molecule has 0 spiro atoms. The van der Waals surface area contributed by atoms with E-state index in [1.54, 1.807) is 0 Å². The van der Waals surface area contributed by atoms with Gasteiger partial charge in [-0.05, 0) is 108 Å². The summed E-state index contributed by atoms with van der Waals surface area (Å²) in [5.41, 5.74) is 7.84. The van der Waals surface area contributed by atoms with Crippen LogP contribution in [0.5, 0.6) is 0 Å². The van der Waals surface area contributed by atoms with Gasteiger partial charge in [-0.25, -0.2) is 0 Å². The van der Waals surface area contributed by atoms with Gasteiger partial charge in [0, 0.05) is 20.4 Å². The number of aryl methyl sites for hydroxylation is 4. The Morgan fingerprint density at radius 3 is 0.849 bits per heavy atom. The minimum atomic E-state index is -0.885. The standard InChI is InChI=1S/C48H40P2.2H2O.Pd/c1-33-13-23-39(24-14-33)49(40-25-15-34(2)16-26-40)45-31-21-37-9-5-7-11-43(37)47(45)48-44-12-8-6-10-38(44)22-32-46(48)50(41-27-17-35(3)18-28-41)42-29-19-36(4)20-30-42;;;/h5-32H,1-4H3;2*1H2;. The van der Waals surface area contributed by atoms with Crippen molar-refractivity contribution in [1.29, 1.82) is 0 Å². The van der Waals surface area contributed by atoms with Crippen molar-refractivity contribution in [3.8, 4) is 11.1 Å². The van der Waals surface area contributed by atoms with E-state index in [4.69, 9.17) is 0 Å². The number of rotatable bonds is 7. The summed E-state index contributed by atoms with van der Waals surface area (Å²) < 4.78 is 0. The molecule has 0 aliphatic carbocycles. The van der Waals surface area contributed by atoms with Gasteiger partial charge >= 0.3 is 0 Å². The Morgan fingerprint density at radius 2 is 0.566 bits per heavy atom. The molecule has 0 saturated heterocycles. The van der Waals surface area contributed by atoms with Crippen LogP contribution in [0, 0.1) is 27.7 Å². The Kier molecular flexibility index (Phi) is 13.0. The van der Waals surface area contributed by atoms with Crippen LogP contribution in [-0.2, 0) is 20.4 Å². The first-order valence-electron chi connectivity index (χ1n) is 17.4. The summed E-state index contributed by atoms with van der Waals surface area (Å²) in [6.45, 7) is 8.72. The zero-order valence-electron chi connectivity index (χ0n) is 30.4. The Morgan fingerprint density at radius 1 is 0.302 bits per heavy atom. The van der Waals surface area contributed by atoms with Crippen LogP contribution in [0.25, 0.3) is 32.7 Å². The molecule has 53 heavy (non-hydrogen) atoms. The Bertz CT molecular complexity index is 2190. The van der Waals surface area contributed by atoms with Crippen LogP contribution in [0.4, 0.5) is 0 Å². The Balaban J connectivity index is 0.00000180. The molecule has 8 rings (SSSR count). The second-order valence-corrected chi connectivity index (χ2v) is 17.7. The molecule has 0 atom stereocenters. The van der Waals surface area contributed by atoms with Gasteiger partial charge in [0.05, 0.1) is 0 Å². The average molecular weight is 821 g/mol. The predicted molar refractivity (Wildman–Crippen MR) is 230 cm³/mol. The molecular weight excluding hydrogens is 777 g/mol. The van der Waals surface area contributed by atoms with E-state index in [0.29, 0.717) is 0 Å². The minimum Gasteiger partial charge on any atom is -0.412 e. The predicted octanol–water partition coefficient (Wildman–Crippen LogP) is 8.76. The number of hydrogen-bond donors (Lipinski definition) is 0. The molecule has 2 nitrogen and oxygen atoms in total. The molecule has 0 unspecified atom stereocenters. The first-order chi connectivity index (χ1) is 24.4. The molecule has 0 amide bonds. The van der Waals surface area contributed by atoms with Crippen LogP contribution in [0.2, 0.25) is 0 Å². The van der Waals surface area contributed by atoms with E-state index in [9.17, 15) is 0 Å². The van der Waals surface area contributed by atoms with E-state index in [1.807, 2.05) is 0 Å². The van der Waals surface area contributed by atoms with E-state index in [1.165, 1.54) is 86.8 Å². The van der Waals surface area contributed by atoms with Crippen LogP contribution in [-0.4, -0.2) is 11.0 Å². The second kappa shape index (κ2) is 17.2. The van der Waals surface area contributed by atoms with Gasteiger partial charge in [-0.15, -0.1) is 0 Å². The molecule has 0 heterocycles. The molecule has 0 radical (unpaired) electrons. The number of benzene rings is 8. The third-order valence-corrected chi connectivity index (χ3v) is 14.7. The summed E-state index contributed by atoms with van der Waals surface area (Å²) in [6.07, 6.45) is 0. The number of hydrogen-bond acceptors (Lipinski definition) is 0. The van der Waals surface area contributed by atoms with E-state index in [2.05, 4.69) is 198 Å². The van der Waals surface area contributed by atoms with E-state index in [0.717, 1.165) is 0 Å². The molecule has 5 heteroatoms. The van der Waals surface area contributed by atoms with Crippen molar-refractivity contribution in [2.24, 2.45) is 0 Å². The minimum absolute atomic E-state index is 0. The third kappa shape index (κ3) is 7.99. The van der Waals surface area contributed by atoms with Crippen LogP contribution < -0.4 is 31.8 Å². The molecule has 0 saturated carbocycles. The van der Waals surface area contributed by atoms with Crippen molar-refractivity contribution in [2.75, 3.05) is 0 Å². The fourth-order valence-electron chi connectivity index (χ4n) is 7.05. The summed E-state index contributed by atoms with van der Waals surface area (Å²) in [4.78, 5) is 0. The van der Waals surface area contributed by atoms with Crippen molar-refractivity contribution in [3.63, 3.8) is 0 Å². The molecule has 0 fully saturated rings. The first-order valence-corrected chi connectivity index (χ1v) is 20.0. The van der Waals surface area contributed by atoms with Crippen molar-refractivity contribution < 1.29 is 31.4 Å². The summed E-state index contributed by atoms with van der Waals surface area (Å²) in [5.74, 6) is 0. The zero-order chi connectivity index (χ0) is 34.2. The maximum atomic E-state index is 2.44. The average Bonchev–Trinajstić information content (AvgIpc) is 3.15. The summed E-state index contributed by atoms with van der Waals surface area (Å²) in [7, 11) is -1.77. The van der Waals surface area contributed by atoms with Gasteiger partial charge in [0.15, 0.2) is 0 Å². The molecule has 0 aliphatic rings. The van der Waals surface area contributed by atoms with Gasteiger partial charge in [-0.3, -0.25) is 0 Å². The molecule has 0 bridgehead atoms. The van der Waals surface area contributed by atoms with Gasteiger partial charge in [-0.1, -0.05) is 192 Å². The summed E-state index contributed by atoms with van der Waals surface area (Å²) in [5, 5.41) is 13.4. The van der Waals surface area contributed by atoms with E-state index < -0.39 is 15.8 Å². The topological polar surface area (TPSA) is 63.0 Å². The Labute approximate surface area is 329 Å². The van der Waals surface area contributed by atoms with Gasteiger partial charge in [0.2, 0.25) is 0 Å². The van der Waals surface area contributed by atoms with Crippen molar-refractivity contribution in [2.45, 2.75) is 27.7 Å². The van der Waals surface area contributed by atoms with Crippen LogP contribution in [0.1, 0.15) is 22.3 Å². The maximum absolute atomic E-state index is 2.44. The summed E-state index contributed by atoms with van der Waals surface area (Å²) >= 11 is 0. The van der Waals surface area contributed by atoms with Crippen molar-refractivity contribution in [1.82, 2.24) is 0 Å². The Hall–Kier alpha value is -4.28. The van der Waals surface area contributed by atoms with Gasteiger partial charge in [0.25, 0.3) is 0 Å². The molecule has 8 aromatic rings. The molecule has 8 aromatic carbocycles. The van der Waals surface area contributed by atoms with Crippen LogP contribution in [0.3, 0.4) is 0 Å². The zero-order valence-corrected chi connectivity index (χ0v) is 33.7. The molecule has 0 aromatic heterocycles. The molecule has 268 valence electrons. The van der Waals surface area contributed by atoms with Gasteiger partial charge < -0.3 is 11.0 Å². The smallest absolute Gasteiger partial charge is 0 e. The molecule has 0 aliphatic heterocycles. The normalized spacial score (nSPS) is 10.9. The molecule has 4 N–H and O–H groups in total. The fraction of sp³-hybridized carbons (Fsp3) is 0.0833. The van der Waals surface area contributed by atoms with Crippen molar-refractivity contribution >= 4 is 69.2 Å². The first kappa shape index (κ1) is 39.9. The monoisotopic (exact) mass is 820 g/mol. The second-order valence-electron chi connectivity index (χ2n) is 13.4. The van der Waals surface area contributed by atoms with Gasteiger partial charge in [-0.2, -0.15) is 0 Å². The molecular formula is C48H44O2P2Pd. The van der Waals surface area contributed by atoms with Crippen LogP contribution in [0.15, 0.2) is 170 Å². The quantitative estimate of drug-likeness (QED) is 0.114. The largest absolute Gasteiger partial charge is 0.412 e. The van der Waals surface area contributed by atoms with Crippen LogP contribution >= 0.6 is 15.8 Å². The summed E-state index contributed by atoms with van der Waals surface area (Å²) in [6, 6.07) is 64.6. The van der Waals surface area contributed by atoms with E-state index >= 15 is 0 Å². The van der Waals surface area contributed by atoms with Gasteiger partial charge in [0.1, 0.15) is 0 Å². The fourth-order valence-corrected chi connectivity index (χ4v) is 11.9. The van der Waals surface area contributed by atoms with E-state index in [-0.39, 0.29) is 31.4 Å².